The molecule has 0 saturated carbocycles. The van der Waals surface area contributed by atoms with E-state index in [-0.39, 0.29) is 5.97 Å². The minimum absolute atomic E-state index is 0.181. The Kier molecular flexibility index (Phi) is 3.81. The van der Waals surface area contributed by atoms with Gasteiger partial charge in [0, 0.05) is 18.0 Å². The minimum Gasteiger partial charge on any atom is -0.468 e. The number of esters is 1. The lowest BCUT2D eigenvalue weighted by molar-refractivity contribution is -0.182. The molecule has 1 aromatic heterocycles. The molecule has 1 fully saturated rings. The zero-order valence-electron chi connectivity index (χ0n) is 10.1. The summed E-state index contributed by atoms with van der Waals surface area (Å²) >= 11 is 1.73. The first-order valence-electron chi connectivity index (χ1n) is 5.58. The van der Waals surface area contributed by atoms with Crippen molar-refractivity contribution in [3.63, 3.8) is 0 Å². The van der Waals surface area contributed by atoms with Crippen LogP contribution >= 0.6 is 11.3 Å². The number of thiophene rings is 1. The van der Waals surface area contributed by atoms with Crippen molar-refractivity contribution in [3.8, 4) is 0 Å². The zero-order chi connectivity index (χ0) is 12.3. The summed E-state index contributed by atoms with van der Waals surface area (Å²) in [6.45, 7) is 4.40. The van der Waals surface area contributed by atoms with Crippen LogP contribution < -0.4 is 5.32 Å². The van der Waals surface area contributed by atoms with Gasteiger partial charge in [-0.2, -0.15) is 0 Å². The van der Waals surface area contributed by atoms with Crippen molar-refractivity contribution in [3.05, 3.63) is 21.9 Å². The summed E-state index contributed by atoms with van der Waals surface area (Å²) in [5.41, 5.74) is 0.819. The minimum atomic E-state index is -0.472. The lowest BCUT2D eigenvalue weighted by Crippen LogP contribution is -2.55. The third kappa shape index (κ3) is 2.51. The number of carbonyl (C=O) groups excluding carboxylic acids is 1. The van der Waals surface area contributed by atoms with E-state index in [0.29, 0.717) is 19.8 Å². The molecular formula is C12H17NO3S. The van der Waals surface area contributed by atoms with Gasteiger partial charge < -0.3 is 14.8 Å². The number of nitrogens with one attached hydrogen (secondary N) is 1. The first-order chi connectivity index (χ1) is 8.18. The molecule has 1 N–H and O–H groups in total. The van der Waals surface area contributed by atoms with Gasteiger partial charge in [-0.1, -0.05) is 0 Å². The lowest BCUT2D eigenvalue weighted by Gasteiger charge is -2.38. The SMILES string of the molecule is COC(=O)C1(CNCc2sccc2C)COC1. The standard InChI is InChI=1S/C12H17NO3S/c1-9-3-4-17-10(9)5-13-6-12(7-16-8-12)11(14)15-2/h3-4,13H,5-8H2,1-2H3. The van der Waals surface area contributed by atoms with Gasteiger partial charge in [-0.15, -0.1) is 11.3 Å². The predicted octanol–water partition coefficient (Wildman–Crippen LogP) is 1.34. The number of rotatable bonds is 5. The molecule has 17 heavy (non-hydrogen) atoms. The Labute approximate surface area is 105 Å². The van der Waals surface area contributed by atoms with E-state index in [1.807, 2.05) is 0 Å². The van der Waals surface area contributed by atoms with Crippen molar-refractivity contribution in [2.45, 2.75) is 13.5 Å². The number of carbonyl (C=O) groups is 1. The summed E-state index contributed by atoms with van der Waals surface area (Å²) in [6.07, 6.45) is 0. The van der Waals surface area contributed by atoms with Gasteiger partial charge in [0.05, 0.1) is 20.3 Å². The summed E-state index contributed by atoms with van der Waals surface area (Å²) in [5, 5.41) is 5.39. The molecule has 0 amide bonds. The molecule has 5 heteroatoms. The molecule has 2 rings (SSSR count). The third-order valence-electron chi connectivity index (χ3n) is 3.09. The maximum absolute atomic E-state index is 11.6. The normalized spacial score (nSPS) is 17.5. The second-order valence-electron chi connectivity index (χ2n) is 4.40. The average Bonchev–Trinajstić information content (AvgIpc) is 2.67. The van der Waals surface area contributed by atoms with Gasteiger partial charge >= 0.3 is 5.97 Å². The maximum Gasteiger partial charge on any atom is 0.317 e. The highest BCUT2D eigenvalue weighted by Crippen LogP contribution is 2.28. The molecule has 0 aliphatic carbocycles. The number of hydrogen-bond donors (Lipinski definition) is 1. The molecule has 1 aliphatic rings. The summed E-state index contributed by atoms with van der Waals surface area (Å²) in [4.78, 5) is 12.9. The van der Waals surface area contributed by atoms with Crippen LogP contribution in [0.1, 0.15) is 10.4 Å². The number of ether oxygens (including phenoxy) is 2. The van der Waals surface area contributed by atoms with Crippen molar-refractivity contribution in [1.82, 2.24) is 5.32 Å². The first-order valence-corrected chi connectivity index (χ1v) is 6.46. The van der Waals surface area contributed by atoms with E-state index >= 15 is 0 Å². The van der Waals surface area contributed by atoms with Gasteiger partial charge in [0.15, 0.2) is 0 Å². The number of aryl methyl sites for hydroxylation is 1. The van der Waals surface area contributed by atoms with Gasteiger partial charge in [-0.3, -0.25) is 4.79 Å². The lowest BCUT2D eigenvalue weighted by atomic mass is 9.86. The molecule has 1 aliphatic heterocycles. The summed E-state index contributed by atoms with van der Waals surface area (Å²) in [7, 11) is 1.42. The molecule has 0 unspecified atom stereocenters. The van der Waals surface area contributed by atoms with Gasteiger partial charge in [0.25, 0.3) is 0 Å². The van der Waals surface area contributed by atoms with Crippen LogP contribution in [0.15, 0.2) is 11.4 Å². The third-order valence-corrected chi connectivity index (χ3v) is 4.12. The molecule has 1 saturated heterocycles. The van der Waals surface area contributed by atoms with Crippen molar-refractivity contribution in [1.29, 1.82) is 0 Å². The second kappa shape index (κ2) is 5.16. The van der Waals surface area contributed by atoms with E-state index in [1.54, 1.807) is 11.3 Å². The van der Waals surface area contributed by atoms with Crippen LogP contribution in [0.3, 0.4) is 0 Å². The predicted molar refractivity (Wildman–Crippen MR) is 66.0 cm³/mol. The van der Waals surface area contributed by atoms with Gasteiger partial charge in [0.2, 0.25) is 0 Å². The van der Waals surface area contributed by atoms with Gasteiger partial charge in [0.1, 0.15) is 5.41 Å². The van der Waals surface area contributed by atoms with Crippen LogP contribution in [0.5, 0.6) is 0 Å². The van der Waals surface area contributed by atoms with Crippen LogP contribution in [0.2, 0.25) is 0 Å². The van der Waals surface area contributed by atoms with Crippen molar-refractivity contribution < 1.29 is 14.3 Å². The molecule has 4 nitrogen and oxygen atoms in total. The highest BCUT2D eigenvalue weighted by molar-refractivity contribution is 7.10. The van der Waals surface area contributed by atoms with E-state index in [2.05, 4.69) is 23.7 Å². The molecule has 0 spiro atoms. The Bertz CT molecular complexity index is 398. The summed E-state index contributed by atoms with van der Waals surface area (Å²) in [5.74, 6) is -0.181. The summed E-state index contributed by atoms with van der Waals surface area (Å²) in [6, 6.07) is 2.10. The van der Waals surface area contributed by atoms with Crippen LogP contribution in [-0.4, -0.2) is 32.8 Å². The van der Waals surface area contributed by atoms with Crippen molar-refractivity contribution in [2.24, 2.45) is 5.41 Å². The van der Waals surface area contributed by atoms with E-state index in [4.69, 9.17) is 9.47 Å². The molecule has 0 radical (unpaired) electrons. The number of methoxy groups -OCH3 is 1. The van der Waals surface area contributed by atoms with Crippen LogP contribution in [-0.2, 0) is 20.8 Å². The second-order valence-corrected chi connectivity index (χ2v) is 5.40. The Morgan fingerprint density at radius 2 is 2.41 bits per heavy atom. The van der Waals surface area contributed by atoms with Crippen LogP contribution in [0.4, 0.5) is 0 Å². The Morgan fingerprint density at radius 1 is 1.65 bits per heavy atom. The monoisotopic (exact) mass is 255 g/mol. The molecule has 0 bridgehead atoms. The smallest absolute Gasteiger partial charge is 0.317 e. The van der Waals surface area contributed by atoms with Crippen LogP contribution in [0.25, 0.3) is 0 Å². The zero-order valence-corrected chi connectivity index (χ0v) is 10.9. The molecular weight excluding hydrogens is 238 g/mol. The average molecular weight is 255 g/mol. The van der Waals surface area contributed by atoms with Crippen LogP contribution in [0, 0.1) is 12.3 Å². The molecule has 1 aromatic rings. The fraction of sp³-hybridized carbons (Fsp3) is 0.583. The first kappa shape index (κ1) is 12.5. The quantitative estimate of drug-likeness (QED) is 0.807. The van der Waals surface area contributed by atoms with E-state index in [0.717, 1.165) is 6.54 Å². The van der Waals surface area contributed by atoms with E-state index in [9.17, 15) is 4.79 Å². The molecule has 94 valence electrons. The Hall–Kier alpha value is -0.910. The fourth-order valence-electron chi connectivity index (χ4n) is 1.86. The van der Waals surface area contributed by atoms with E-state index in [1.165, 1.54) is 17.6 Å². The van der Waals surface area contributed by atoms with Crippen molar-refractivity contribution in [2.75, 3.05) is 26.9 Å². The molecule has 0 atom stereocenters. The topological polar surface area (TPSA) is 47.6 Å². The maximum atomic E-state index is 11.6. The van der Waals surface area contributed by atoms with Gasteiger partial charge in [-0.05, 0) is 23.9 Å². The summed E-state index contributed by atoms with van der Waals surface area (Å²) < 4.78 is 9.95. The van der Waals surface area contributed by atoms with Crippen molar-refractivity contribution >= 4 is 17.3 Å². The van der Waals surface area contributed by atoms with Gasteiger partial charge in [-0.25, -0.2) is 0 Å². The Balaban J connectivity index is 1.85. The van der Waals surface area contributed by atoms with E-state index < -0.39 is 5.41 Å². The molecule has 2 heterocycles. The number of hydrogen-bond acceptors (Lipinski definition) is 5. The molecule has 0 aromatic carbocycles. The highest BCUT2D eigenvalue weighted by atomic mass is 32.1. The Morgan fingerprint density at radius 3 is 2.88 bits per heavy atom. The fourth-order valence-corrected chi connectivity index (χ4v) is 2.73. The largest absolute Gasteiger partial charge is 0.468 e. The highest BCUT2D eigenvalue weighted by Gasteiger charge is 2.46.